The highest BCUT2D eigenvalue weighted by atomic mass is 35.5. The molecule has 0 spiro atoms. The van der Waals surface area contributed by atoms with Crippen LogP contribution in [-0.2, 0) is 6.54 Å². The molecule has 33 heavy (non-hydrogen) atoms. The molecule has 0 N–H and O–H groups in total. The summed E-state index contributed by atoms with van der Waals surface area (Å²) in [5.74, 6) is 1.09. The molecule has 2 aromatic heterocycles. The van der Waals surface area contributed by atoms with Crippen LogP contribution in [0.3, 0.4) is 0 Å². The lowest BCUT2D eigenvalue weighted by molar-refractivity contribution is 0.249. The topological polar surface area (TPSA) is 46.3 Å². The van der Waals surface area contributed by atoms with E-state index in [2.05, 4.69) is 27.8 Å². The quantitative estimate of drug-likeness (QED) is 0.435. The van der Waals surface area contributed by atoms with Crippen molar-refractivity contribution in [3.63, 3.8) is 0 Å². The van der Waals surface area contributed by atoms with Crippen molar-refractivity contribution in [1.82, 2.24) is 19.2 Å². The molecule has 9 heteroatoms. The summed E-state index contributed by atoms with van der Waals surface area (Å²) in [5, 5.41) is 0. The predicted octanol–water partition coefficient (Wildman–Crippen LogP) is 4.52. The van der Waals surface area contributed by atoms with Crippen LogP contribution in [0, 0.1) is 13.8 Å². The first kappa shape index (κ1) is 29.0. The summed E-state index contributed by atoms with van der Waals surface area (Å²) < 4.78 is 3.90. The molecule has 1 aliphatic rings. The lowest BCUT2D eigenvalue weighted by atomic mass is 10.2. The molecule has 1 fully saturated rings. The summed E-state index contributed by atoms with van der Waals surface area (Å²) in [5.41, 5.74) is 3.36. The summed E-state index contributed by atoms with van der Waals surface area (Å²) >= 11 is 0. The first-order chi connectivity index (χ1) is 14.6. The molecule has 1 saturated heterocycles. The number of pyridine rings is 1. The average molecular weight is 515 g/mol. The van der Waals surface area contributed by atoms with E-state index < -0.39 is 0 Å². The third-order valence-corrected chi connectivity index (χ3v) is 5.85. The number of rotatable bonds is 7. The van der Waals surface area contributed by atoms with E-state index in [0.29, 0.717) is 0 Å². The predicted molar refractivity (Wildman–Crippen MR) is 143 cm³/mol. The highest BCUT2D eigenvalue weighted by Gasteiger charge is 2.18. The largest absolute Gasteiger partial charge is 0.354 e. The standard InChI is InChI=1S/C24H31N5O.3ClH/c1-20-10-11-25-23(18-20)27-16-14-26(15-17-27)12-6-7-13-28-24(30)19-21(2)29(28)22-8-4-3-5-9-22;;;/h3-5,8-11,18-19H,6-7,12-17H2,1-2H3;3*1H. The molecule has 0 saturated carbocycles. The van der Waals surface area contributed by atoms with Crippen LogP contribution in [-0.4, -0.2) is 52.0 Å². The van der Waals surface area contributed by atoms with Crippen molar-refractivity contribution in [2.75, 3.05) is 37.6 Å². The number of aromatic nitrogens is 3. The summed E-state index contributed by atoms with van der Waals surface area (Å²) in [6, 6.07) is 16.0. The number of anilines is 1. The van der Waals surface area contributed by atoms with Crippen LogP contribution < -0.4 is 10.5 Å². The third-order valence-electron chi connectivity index (χ3n) is 5.85. The summed E-state index contributed by atoms with van der Waals surface area (Å²) in [4.78, 5) is 21.9. The van der Waals surface area contributed by atoms with Gasteiger partial charge in [-0.15, -0.1) is 37.2 Å². The van der Waals surface area contributed by atoms with Crippen molar-refractivity contribution in [2.45, 2.75) is 33.2 Å². The van der Waals surface area contributed by atoms with Crippen LogP contribution >= 0.6 is 37.2 Å². The number of aryl methyl sites for hydroxylation is 2. The van der Waals surface area contributed by atoms with E-state index in [-0.39, 0.29) is 42.8 Å². The SMILES string of the molecule is Cc1ccnc(N2CCN(CCCCn3c(=O)cc(C)n3-c3ccccc3)CC2)c1.Cl.Cl.Cl. The van der Waals surface area contributed by atoms with Crippen molar-refractivity contribution in [3.05, 3.63) is 76.3 Å². The van der Waals surface area contributed by atoms with Gasteiger partial charge in [-0.2, -0.15) is 0 Å². The van der Waals surface area contributed by atoms with Crippen LogP contribution in [0.5, 0.6) is 0 Å². The fourth-order valence-electron chi connectivity index (χ4n) is 4.22. The molecular weight excluding hydrogens is 481 g/mol. The maximum absolute atomic E-state index is 12.4. The maximum Gasteiger partial charge on any atom is 0.267 e. The van der Waals surface area contributed by atoms with Gasteiger partial charge in [-0.1, -0.05) is 18.2 Å². The number of hydrogen-bond donors (Lipinski definition) is 0. The molecule has 3 heterocycles. The normalized spacial score (nSPS) is 13.6. The van der Waals surface area contributed by atoms with E-state index >= 15 is 0 Å². The van der Waals surface area contributed by atoms with E-state index in [4.69, 9.17) is 0 Å². The van der Waals surface area contributed by atoms with Gasteiger partial charge in [-0.25, -0.2) is 9.67 Å². The number of piperazine rings is 1. The second-order valence-corrected chi connectivity index (χ2v) is 8.12. The van der Waals surface area contributed by atoms with Gasteiger partial charge in [0.15, 0.2) is 0 Å². The molecule has 0 bridgehead atoms. The number of benzene rings is 1. The Hall–Kier alpha value is -1.99. The zero-order chi connectivity index (χ0) is 20.9. The van der Waals surface area contributed by atoms with E-state index in [9.17, 15) is 4.79 Å². The van der Waals surface area contributed by atoms with Gasteiger partial charge >= 0.3 is 0 Å². The van der Waals surface area contributed by atoms with Gasteiger partial charge in [0.1, 0.15) is 5.82 Å². The molecule has 182 valence electrons. The molecule has 4 rings (SSSR count). The molecule has 0 unspecified atom stereocenters. The highest BCUT2D eigenvalue weighted by molar-refractivity contribution is 5.86. The molecule has 0 radical (unpaired) electrons. The van der Waals surface area contributed by atoms with Gasteiger partial charge in [-0.3, -0.25) is 14.4 Å². The molecule has 3 aromatic rings. The first-order valence-electron chi connectivity index (χ1n) is 10.9. The van der Waals surface area contributed by atoms with Gasteiger partial charge in [-0.05, 0) is 63.1 Å². The summed E-state index contributed by atoms with van der Waals surface area (Å²) in [7, 11) is 0. The zero-order valence-electron chi connectivity index (χ0n) is 19.2. The van der Waals surface area contributed by atoms with Gasteiger partial charge in [0.25, 0.3) is 5.56 Å². The monoisotopic (exact) mass is 513 g/mol. The minimum atomic E-state index is 0. The van der Waals surface area contributed by atoms with Crippen LogP contribution in [0.2, 0.25) is 0 Å². The second kappa shape index (κ2) is 13.7. The maximum atomic E-state index is 12.4. The van der Waals surface area contributed by atoms with Gasteiger partial charge in [0.2, 0.25) is 0 Å². The highest BCUT2D eigenvalue weighted by Crippen LogP contribution is 2.15. The van der Waals surface area contributed by atoms with Crippen molar-refractivity contribution >= 4 is 43.0 Å². The lowest BCUT2D eigenvalue weighted by Crippen LogP contribution is -2.47. The van der Waals surface area contributed by atoms with Crippen molar-refractivity contribution in [2.24, 2.45) is 0 Å². The molecule has 0 atom stereocenters. The lowest BCUT2D eigenvalue weighted by Gasteiger charge is -2.35. The Morgan fingerprint density at radius 1 is 0.848 bits per heavy atom. The minimum absolute atomic E-state index is 0. The van der Waals surface area contributed by atoms with Crippen LogP contribution in [0.4, 0.5) is 5.82 Å². The van der Waals surface area contributed by atoms with Crippen molar-refractivity contribution in [1.29, 1.82) is 0 Å². The van der Waals surface area contributed by atoms with E-state index in [0.717, 1.165) is 69.3 Å². The van der Waals surface area contributed by atoms with Gasteiger partial charge in [0, 0.05) is 50.7 Å². The number of para-hydroxylation sites is 1. The molecule has 1 aliphatic heterocycles. The summed E-state index contributed by atoms with van der Waals surface area (Å²) in [6.45, 7) is 10.1. The molecule has 1 aromatic carbocycles. The summed E-state index contributed by atoms with van der Waals surface area (Å²) in [6.07, 6.45) is 3.98. The Balaban J connectivity index is 0.00000181. The van der Waals surface area contributed by atoms with Crippen molar-refractivity contribution in [3.8, 4) is 5.69 Å². The van der Waals surface area contributed by atoms with Gasteiger partial charge < -0.3 is 4.90 Å². The Bertz CT molecular complexity index is 1030. The van der Waals surface area contributed by atoms with Gasteiger partial charge in [0.05, 0.1) is 5.69 Å². The molecule has 6 nitrogen and oxygen atoms in total. The molecule has 0 aliphatic carbocycles. The third kappa shape index (κ3) is 7.24. The second-order valence-electron chi connectivity index (χ2n) is 8.12. The number of halogens is 3. The molecular formula is C24H34Cl3N5O. The van der Waals surface area contributed by atoms with Crippen LogP contribution in [0.15, 0.2) is 59.5 Å². The number of unbranched alkanes of at least 4 members (excludes halogenated alkanes) is 1. The van der Waals surface area contributed by atoms with Crippen LogP contribution in [0.25, 0.3) is 5.69 Å². The zero-order valence-corrected chi connectivity index (χ0v) is 21.7. The Kier molecular flexibility index (Phi) is 12.0. The Morgan fingerprint density at radius 3 is 2.18 bits per heavy atom. The minimum Gasteiger partial charge on any atom is -0.354 e. The smallest absolute Gasteiger partial charge is 0.267 e. The fraction of sp³-hybridized carbons (Fsp3) is 0.417. The van der Waals surface area contributed by atoms with E-state index in [1.165, 1.54) is 5.56 Å². The van der Waals surface area contributed by atoms with E-state index in [1.807, 2.05) is 58.9 Å². The number of nitrogens with zero attached hydrogens (tertiary/aromatic N) is 5. The average Bonchev–Trinajstić information content (AvgIpc) is 3.05. The molecule has 0 amide bonds. The Morgan fingerprint density at radius 2 is 1.52 bits per heavy atom. The van der Waals surface area contributed by atoms with Crippen LogP contribution in [0.1, 0.15) is 24.1 Å². The fourth-order valence-corrected chi connectivity index (χ4v) is 4.22. The first-order valence-corrected chi connectivity index (χ1v) is 10.9. The van der Waals surface area contributed by atoms with Crippen molar-refractivity contribution < 1.29 is 0 Å². The Labute approximate surface area is 214 Å². The van der Waals surface area contributed by atoms with E-state index in [1.54, 1.807) is 6.07 Å². The number of hydrogen-bond acceptors (Lipinski definition) is 4.